The van der Waals surface area contributed by atoms with Crippen molar-refractivity contribution in [3.05, 3.63) is 35.4 Å². The van der Waals surface area contributed by atoms with Crippen LogP contribution in [0.25, 0.3) is 0 Å². The van der Waals surface area contributed by atoms with Gasteiger partial charge in [0.1, 0.15) is 6.04 Å². The zero-order valence-electron chi connectivity index (χ0n) is 17.5. The van der Waals surface area contributed by atoms with Crippen LogP contribution in [0.1, 0.15) is 50.3 Å². The topological polar surface area (TPSA) is 67.7 Å². The summed E-state index contributed by atoms with van der Waals surface area (Å²) in [7, 11) is 0. The Hall–Kier alpha value is -2.39. The zero-order valence-corrected chi connectivity index (χ0v) is 17.5. The summed E-state index contributed by atoms with van der Waals surface area (Å²) in [5.41, 5.74) is 2.38. The van der Waals surface area contributed by atoms with E-state index in [4.69, 9.17) is 0 Å². The highest BCUT2D eigenvalue weighted by molar-refractivity contribution is 5.86. The molecule has 6 heteroatoms. The van der Waals surface area contributed by atoms with Gasteiger partial charge in [0.2, 0.25) is 11.8 Å². The van der Waals surface area contributed by atoms with Gasteiger partial charge in [0.25, 0.3) is 0 Å². The first-order valence-electron chi connectivity index (χ1n) is 10.7. The number of hydrogen-bond donors (Lipinski definition) is 0. The van der Waals surface area contributed by atoms with Crippen molar-refractivity contribution >= 4 is 11.8 Å². The number of amides is 2. The van der Waals surface area contributed by atoms with Gasteiger partial charge >= 0.3 is 0 Å². The molecule has 2 bridgehead atoms. The Morgan fingerprint density at radius 2 is 2.14 bits per heavy atom. The Morgan fingerprint density at radius 1 is 1.34 bits per heavy atom. The highest BCUT2D eigenvalue weighted by atomic mass is 16.2. The molecule has 2 amide bonds. The van der Waals surface area contributed by atoms with E-state index in [0.717, 1.165) is 25.8 Å². The maximum absolute atomic E-state index is 13.1. The second-order valence-corrected chi connectivity index (χ2v) is 8.91. The standard InChI is InChI=1S/C23H30N4O2/c1-15-6-4-7-18(10-15)17(3)27-20-11-21(23(27)29)25(14-20)13-16(2)22(28)26-9-5-8-19(26)12-24/h4,6-7,10,16-17,19-21H,5,8-9,11,13-14H2,1-3H3/t16-,17-,19-,20?,21+/m0/s1. The molecule has 1 unspecified atom stereocenters. The third-order valence-electron chi connectivity index (χ3n) is 6.87. The number of piperazine rings is 1. The molecule has 1 aromatic carbocycles. The number of nitriles is 1. The van der Waals surface area contributed by atoms with Crippen molar-refractivity contribution < 1.29 is 9.59 Å². The van der Waals surface area contributed by atoms with Crippen LogP contribution in [0, 0.1) is 24.2 Å². The Labute approximate surface area is 173 Å². The third kappa shape index (κ3) is 3.53. The number of benzene rings is 1. The van der Waals surface area contributed by atoms with Gasteiger partial charge in [-0.05, 0) is 38.7 Å². The summed E-state index contributed by atoms with van der Waals surface area (Å²) < 4.78 is 0. The largest absolute Gasteiger partial charge is 0.330 e. The van der Waals surface area contributed by atoms with Gasteiger partial charge in [0.05, 0.1) is 18.2 Å². The molecule has 6 nitrogen and oxygen atoms in total. The molecule has 154 valence electrons. The lowest BCUT2D eigenvalue weighted by Gasteiger charge is -2.38. The predicted molar refractivity (Wildman–Crippen MR) is 110 cm³/mol. The highest BCUT2D eigenvalue weighted by Crippen LogP contribution is 2.38. The molecule has 1 aromatic rings. The van der Waals surface area contributed by atoms with Crippen molar-refractivity contribution in [2.75, 3.05) is 19.6 Å². The normalized spacial score (nSPS) is 28.6. The third-order valence-corrected chi connectivity index (χ3v) is 6.87. The minimum atomic E-state index is -0.285. The Balaban J connectivity index is 1.40. The van der Waals surface area contributed by atoms with Gasteiger partial charge in [0.15, 0.2) is 0 Å². The van der Waals surface area contributed by atoms with E-state index < -0.39 is 0 Å². The molecule has 4 rings (SSSR count). The summed E-state index contributed by atoms with van der Waals surface area (Å²) >= 11 is 0. The maximum atomic E-state index is 13.1. The number of rotatable bonds is 5. The van der Waals surface area contributed by atoms with Crippen LogP contribution in [0.15, 0.2) is 24.3 Å². The summed E-state index contributed by atoms with van der Waals surface area (Å²) in [6.07, 6.45) is 2.52. The molecule has 3 fully saturated rings. The van der Waals surface area contributed by atoms with E-state index >= 15 is 0 Å². The molecule has 3 aliphatic rings. The molecule has 3 saturated heterocycles. The van der Waals surface area contributed by atoms with E-state index in [-0.39, 0.29) is 41.9 Å². The SMILES string of the molecule is Cc1cccc([C@H](C)N2C(=O)[C@H]3CC2CN3C[C@H](C)C(=O)N2CCC[C@H]2C#N)c1. The number of likely N-dealkylation sites (tertiary alicyclic amines) is 3. The first-order valence-corrected chi connectivity index (χ1v) is 10.7. The molecule has 3 aliphatic heterocycles. The fraction of sp³-hybridized carbons (Fsp3) is 0.609. The first kappa shape index (κ1) is 19.9. The van der Waals surface area contributed by atoms with Gasteiger partial charge in [-0.3, -0.25) is 14.5 Å². The van der Waals surface area contributed by atoms with E-state index in [1.54, 1.807) is 4.90 Å². The van der Waals surface area contributed by atoms with Gasteiger partial charge in [0, 0.05) is 31.6 Å². The van der Waals surface area contributed by atoms with E-state index in [9.17, 15) is 14.9 Å². The van der Waals surface area contributed by atoms with Crippen LogP contribution in [0.3, 0.4) is 0 Å². The minimum absolute atomic E-state index is 0.0502. The van der Waals surface area contributed by atoms with Crippen LogP contribution >= 0.6 is 0 Å². The zero-order chi connectivity index (χ0) is 20.7. The number of aryl methyl sites for hydroxylation is 1. The summed E-state index contributed by atoms with van der Waals surface area (Å²) in [6.45, 7) is 8.20. The number of hydrogen-bond acceptors (Lipinski definition) is 4. The second-order valence-electron chi connectivity index (χ2n) is 8.91. The van der Waals surface area contributed by atoms with Crippen LogP contribution in [-0.4, -0.2) is 64.3 Å². The van der Waals surface area contributed by atoms with Crippen molar-refractivity contribution in [3.63, 3.8) is 0 Å². The first-order chi connectivity index (χ1) is 13.9. The Kier molecular flexibility index (Phi) is 5.35. The molecule has 0 aromatic heterocycles. The van der Waals surface area contributed by atoms with Gasteiger partial charge in [-0.25, -0.2) is 0 Å². The average Bonchev–Trinajstić information content (AvgIpc) is 3.41. The molecule has 29 heavy (non-hydrogen) atoms. The molecule has 0 saturated carbocycles. The van der Waals surface area contributed by atoms with Crippen LogP contribution in [0.5, 0.6) is 0 Å². The van der Waals surface area contributed by atoms with E-state index in [0.29, 0.717) is 13.1 Å². The van der Waals surface area contributed by atoms with Crippen LogP contribution in [0.2, 0.25) is 0 Å². The summed E-state index contributed by atoms with van der Waals surface area (Å²) in [4.78, 5) is 31.9. The monoisotopic (exact) mass is 394 g/mol. The van der Waals surface area contributed by atoms with Crippen molar-refractivity contribution in [1.29, 1.82) is 5.26 Å². The quantitative estimate of drug-likeness (QED) is 0.770. The van der Waals surface area contributed by atoms with E-state index in [1.165, 1.54) is 11.1 Å². The Morgan fingerprint density at radius 3 is 2.83 bits per heavy atom. The summed E-state index contributed by atoms with van der Waals surface area (Å²) in [5, 5.41) is 9.26. The van der Waals surface area contributed by atoms with Crippen LogP contribution < -0.4 is 0 Å². The molecule has 5 atom stereocenters. The lowest BCUT2D eigenvalue weighted by Crippen LogP contribution is -2.53. The predicted octanol–water partition coefficient (Wildman–Crippen LogP) is 2.49. The lowest BCUT2D eigenvalue weighted by molar-refractivity contribution is -0.142. The smallest absolute Gasteiger partial charge is 0.240 e. The summed E-state index contributed by atoms with van der Waals surface area (Å²) in [6, 6.07) is 10.5. The molecule has 0 N–H and O–H groups in total. The number of carbonyl (C=O) groups is 2. The van der Waals surface area contributed by atoms with Gasteiger partial charge in [-0.2, -0.15) is 5.26 Å². The Bertz CT molecular complexity index is 848. The molecular weight excluding hydrogens is 364 g/mol. The highest BCUT2D eigenvalue weighted by Gasteiger charge is 2.51. The van der Waals surface area contributed by atoms with Gasteiger partial charge in [-0.1, -0.05) is 36.8 Å². The van der Waals surface area contributed by atoms with Crippen molar-refractivity contribution in [1.82, 2.24) is 14.7 Å². The summed E-state index contributed by atoms with van der Waals surface area (Å²) in [5.74, 6) is 0.0407. The maximum Gasteiger partial charge on any atom is 0.240 e. The van der Waals surface area contributed by atoms with Crippen molar-refractivity contribution in [2.24, 2.45) is 5.92 Å². The van der Waals surface area contributed by atoms with Gasteiger partial charge in [-0.15, -0.1) is 0 Å². The number of fused-ring (bicyclic) bond motifs is 2. The van der Waals surface area contributed by atoms with Crippen LogP contribution in [0.4, 0.5) is 0 Å². The second kappa shape index (κ2) is 7.79. The van der Waals surface area contributed by atoms with Crippen LogP contribution in [-0.2, 0) is 9.59 Å². The molecular formula is C23H30N4O2. The molecule has 0 radical (unpaired) electrons. The average molecular weight is 395 g/mol. The van der Waals surface area contributed by atoms with Crippen molar-refractivity contribution in [2.45, 2.75) is 64.2 Å². The molecule has 3 heterocycles. The van der Waals surface area contributed by atoms with E-state index in [1.807, 2.05) is 13.0 Å². The van der Waals surface area contributed by atoms with Crippen molar-refractivity contribution in [3.8, 4) is 6.07 Å². The fourth-order valence-electron chi connectivity index (χ4n) is 5.37. The fourth-order valence-corrected chi connectivity index (χ4v) is 5.37. The van der Waals surface area contributed by atoms with E-state index in [2.05, 4.69) is 47.9 Å². The number of nitrogens with zero attached hydrogens (tertiary/aromatic N) is 4. The van der Waals surface area contributed by atoms with Gasteiger partial charge < -0.3 is 9.80 Å². The minimum Gasteiger partial charge on any atom is -0.330 e. The number of carbonyl (C=O) groups excluding carboxylic acids is 2. The molecule has 0 aliphatic carbocycles. The molecule has 0 spiro atoms. The lowest BCUT2D eigenvalue weighted by atomic mass is 10.0.